The van der Waals surface area contributed by atoms with Gasteiger partial charge >= 0.3 is 11.9 Å². The molecule has 0 N–H and O–H groups in total. The van der Waals surface area contributed by atoms with Crippen LogP contribution in [0.3, 0.4) is 0 Å². The molecule has 0 heterocycles. The van der Waals surface area contributed by atoms with Gasteiger partial charge < -0.3 is 9.47 Å². The highest BCUT2D eigenvalue weighted by atomic mass is 16.5. The third-order valence-corrected chi connectivity index (χ3v) is 6.89. The number of ether oxygens (including phenoxy) is 2. The van der Waals surface area contributed by atoms with Gasteiger partial charge in [-0.15, -0.1) is 0 Å². The van der Waals surface area contributed by atoms with Gasteiger partial charge in [0.15, 0.2) is 0 Å². The normalized spacial score (nSPS) is 46.8. The zero-order valence-corrected chi connectivity index (χ0v) is 14.6. The number of hydrogen-bond acceptors (Lipinski definition) is 4. The van der Waals surface area contributed by atoms with Crippen LogP contribution in [0, 0.1) is 40.9 Å². The van der Waals surface area contributed by atoms with Crippen molar-refractivity contribution < 1.29 is 19.1 Å². The van der Waals surface area contributed by atoms with Crippen molar-refractivity contribution in [1.29, 1.82) is 0 Å². The van der Waals surface area contributed by atoms with Crippen molar-refractivity contribution in [1.82, 2.24) is 0 Å². The van der Waals surface area contributed by atoms with Crippen LogP contribution in [0.5, 0.6) is 0 Å². The Labute approximate surface area is 138 Å². The highest BCUT2D eigenvalue weighted by Crippen LogP contribution is 2.68. The predicted molar refractivity (Wildman–Crippen MR) is 84.3 cm³/mol. The highest BCUT2D eigenvalue weighted by Gasteiger charge is 2.66. The molecule has 4 aliphatic carbocycles. The first-order chi connectivity index (χ1) is 10.8. The van der Waals surface area contributed by atoms with E-state index in [1.807, 2.05) is 20.8 Å². The topological polar surface area (TPSA) is 52.6 Å². The minimum Gasteiger partial charge on any atom is -0.462 e. The first-order valence-electron chi connectivity index (χ1n) is 9.14. The summed E-state index contributed by atoms with van der Waals surface area (Å²) in [5, 5.41) is 0. The summed E-state index contributed by atoms with van der Waals surface area (Å²) in [6, 6.07) is 0. The zero-order chi connectivity index (χ0) is 16.5. The molecule has 0 aromatic rings. The first-order valence-corrected chi connectivity index (χ1v) is 9.14. The molecule has 4 heteroatoms. The summed E-state index contributed by atoms with van der Waals surface area (Å²) in [5.74, 6) is 3.63. The fraction of sp³-hybridized carbons (Fsp3) is 0.895. The number of hydrogen-bond donors (Lipinski definition) is 0. The third-order valence-electron chi connectivity index (χ3n) is 6.89. The van der Waals surface area contributed by atoms with Crippen LogP contribution in [-0.2, 0) is 19.1 Å². The molecule has 8 unspecified atom stereocenters. The van der Waals surface area contributed by atoms with Crippen molar-refractivity contribution in [2.24, 2.45) is 40.9 Å². The van der Waals surface area contributed by atoms with Crippen LogP contribution in [0.1, 0.15) is 53.4 Å². The zero-order valence-electron chi connectivity index (χ0n) is 14.6. The Kier molecular flexibility index (Phi) is 3.34. The van der Waals surface area contributed by atoms with Gasteiger partial charge in [-0.05, 0) is 82.0 Å². The van der Waals surface area contributed by atoms with Crippen molar-refractivity contribution in [3.05, 3.63) is 0 Å². The van der Waals surface area contributed by atoms with Crippen LogP contribution in [0.4, 0.5) is 0 Å². The molecule has 4 aliphatic rings. The molecule has 0 amide bonds. The molecule has 4 fully saturated rings. The predicted octanol–water partition coefficient (Wildman–Crippen LogP) is 3.19. The minimum absolute atomic E-state index is 0.0625. The first kappa shape index (κ1) is 15.5. The summed E-state index contributed by atoms with van der Waals surface area (Å²) in [7, 11) is 0. The summed E-state index contributed by atoms with van der Waals surface area (Å²) in [5.41, 5.74) is -0.420. The van der Waals surface area contributed by atoms with Gasteiger partial charge in [-0.1, -0.05) is 0 Å². The molecular weight excluding hydrogens is 292 g/mol. The van der Waals surface area contributed by atoms with Crippen LogP contribution < -0.4 is 0 Å². The van der Waals surface area contributed by atoms with Gasteiger partial charge in [-0.25, -0.2) is 0 Å². The van der Waals surface area contributed by atoms with Crippen molar-refractivity contribution in [2.45, 2.75) is 65.6 Å². The van der Waals surface area contributed by atoms with Gasteiger partial charge in [0.1, 0.15) is 12.2 Å². The van der Waals surface area contributed by atoms with E-state index in [2.05, 4.69) is 0 Å². The van der Waals surface area contributed by atoms with Gasteiger partial charge in [-0.2, -0.15) is 0 Å². The van der Waals surface area contributed by atoms with Crippen LogP contribution in [0.25, 0.3) is 0 Å². The third kappa shape index (κ3) is 2.32. The molecule has 8 atom stereocenters. The Morgan fingerprint density at radius 1 is 0.826 bits per heavy atom. The Balaban J connectivity index is 1.46. The second-order valence-electron chi connectivity index (χ2n) is 9.29. The molecule has 128 valence electrons. The van der Waals surface area contributed by atoms with Crippen molar-refractivity contribution in [3.8, 4) is 0 Å². The van der Waals surface area contributed by atoms with E-state index in [1.165, 1.54) is 19.8 Å². The van der Waals surface area contributed by atoms with Gasteiger partial charge in [0.2, 0.25) is 0 Å². The highest BCUT2D eigenvalue weighted by molar-refractivity contribution is 5.75. The molecule has 0 aromatic heterocycles. The maximum atomic E-state index is 12.2. The lowest BCUT2D eigenvalue weighted by atomic mass is 9.69. The van der Waals surface area contributed by atoms with E-state index in [4.69, 9.17) is 9.47 Å². The second-order valence-corrected chi connectivity index (χ2v) is 9.29. The number of carbonyl (C=O) groups excluding carboxylic acids is 2. The van der Waals surface area contributed by atoms with Gasteiger partial charge in [0.05, 0.1) is 5.41 Å². The fourth-order valence-electron chi connectivity index (χ4n) is 6.28. The summed E-state index contributed by atoms with van der Waals surface area (Å²) >= 11 is 0. The van der Waals surface area contributed by atoms with E-state index < -0.39 is 5.41 Å². The Bertz CT molecular complexity index is 534. The van der Waals surface area contributed by atoms with Crippen molar-refractivity contribution >= 4 is 11.9 Å². The molecule has 0 saturated heterocycles. The fourth-order valence-corrected chi connectivity index (χ4v) is 6.28. The van der Waals surface area contributed by atoms with Crippen LogP contribution >= 0.6 is 0 Å². The monoisotopic (exact) mass is 320 g/mol. The van der Waals surface area contributed by atoms with E-state index in [1.54, 1.807) is 0 Å². The van der Waals surface area contributed by atoms with Crippen molar-refractivity contribution in [3.63, 3.8) is 0 Å². The maximum Gasteiger partial charge on any atom is 0.311 e. The Morgan fingerprint density at radius 3 is 1.74 bits per heavy atom. The molecule has 0 spiro atoms. The number of esters is 2. The number of carbonyl (C=O) groups is 2. The average molecular weight is 320 g/mol. The average Bonchev–Trinajstić information content (AvgIpc) is 3.12. The van der Waals surface area contributed by atoms with Gasteiger partial charge in [0.25, 0.3) is 0 Å². The lowest BCUT2D eigenvalue weighted by Crippen LogP contribution is -2.42. The van der Waals surface area contributed by atoms with Gasteiger partial charge in [0, 0.05) is 6.92 Å². The number of rotatable bonds is 2. The summed E-state index contributed by atoms with van der Waals surface area (Å²) < 4.78 is 11.5. The summed E-state index contributed by atoms with van der Waals surface area (Å²) in [6.07, 6.45) is 4.73. The molecule has 0 aromatic carbocycles. The Morgan fingerprint density at radius 2 is 1.30 bits per heavy atom. The lowest BCUT2D eigenvalue weighted by Gasteiger charge is -2.41. The van der Waals surface area contributed by atoms with Gasteiger partial charge in [-0.3, -0.25) is 9.59 Å². The molecule has 0 aliphatic heterocycles. The number of fused-ring (bicyclic) bond motifs is 9. The van der Waals surface area contributed by atoms with E-state index in [9.17, 15) is 9.59 Å². The van der Waals surface area contributed by atoms with Crippen LogP contribution in [0.15, 0.2) is 0 Å². The standard InChI is InChI=1S/C19H28O4/c1-9(20)22-14-7-10-5-12(14)16-11-6-13(17(10)16)15(8-11)23-18(21)19(2,3)4/h10-17H,5-8H2,1-4H3. The second kappa shape index (κ2) is 4.97. The molecule has 4 bridgehead atoms. The quantitative estimate of drug-likeness (QED) is 0.579. The largest absolute Gasteiger partial charge is 0.462 e. The van der Waals surface area contributed by atoms with Crippen molar-refractivity contribution in [2.75, 3.05) is 0 Å². The molecule has 4 rings (SSSR count). The van der Waals surface area contributed by atoms with Crippen LogP contribution in [0.2, 0.25) is 0 Å². The van der Waals surface area contributed by atoms with E-state index in [-0.39, 0.29) is 24.1 Å². The van der Waals surface area contributed by atoms with E-state index >= 15 is 0 Å². The molecule has 4 nitrogen and oxygen atoms in total. The molecular formula is C19H28O4. The minimum atomic E-state index is -0.420. The Hall–Kier alpha value is -1.06. The smallest absolute Gasteiger partial charge is 0.311 e. The molecule has 0 radical (unpaired) electrons. The molecule has 4 saturated carbocycles. The molecule has 23 heavy (non-hydrogen) atoms. The SMILES string of the molecule is CC(=O)OC1CC2CC1C1C3CC(OC(=O)C(C)(C)C)C(C3)C21. The van der Waals surface area contributed by atoms with E-state index in [0.717, 1.165) is 12.8 Å². The maximum absolute atomic E-state index is 12.2. The van der Waals surface area contributed by atoms with E-state index in [0.29, 0.717) is 35.5 Å². The summed E-state index contributed by atoms with van der Waals surface area (Å²) in [4.78, 5) is 23.6. The summed E-state index contributed by atoms with van der Waals surface area (Å²) in [6.45, 7) is 7.29. The van der Waals surface area contributed by atoms with Crippen LogP contribution in [-0.4, -0.2) is 24.1 Å². The lowest BCUT2D eigenvalue weighted by molar-refractivity contribution is -0.165.